The van der Waals surface area contributed by atoms with Crippen LogP contribution in [-0.2, 0) is 32.7 Å². The SMILES string of the molecule is [CH2-]CC.[Y]. The van der Waals surface area contributed by atoms with E-state index in [2.05, 4.69) is 6.92 Å². The molecule has 4 heavy (non-hydrogen) atoms. The number of hydrogen-bond acceptors (Lipinski definition) is 0. The number of hydrogen-bond donors (Lipinski definition) is 0. The first-order valence-electron chi connectivity index (χ1n) is 1.21. The summed E-state index contributed by atoms with van der Waals surface area (Å²) >= 11 is 0. The van der Waals surface area contributed by atoms with Crippen LogP contribution in [0.5, 0.6) is 0 Å². The fraction of sp³-hybridized carbons (Fsp3) is 0.667. The van der Waals surface area contributed by atoms with Crippen LogP contribution < -0.4 is 0 Å². The van der Waals surface area contributed by atoms with Gasteiger partial charge in [0, 0.05) is 32.7 Å². The van der Waals surface area contributed by atoms with Gasteiger partial charge in [-0.15, -0.1) is 0 Å². The zero-order valence-electron chi connectivity index (χ0n) is 2.99. The van der Waals surface area contributed by atoms with E-state index in [9.17, 15) is 0 Å². The van der Waals surface area contributed by atoms with Gasteiger partial charge < -0.3 is 6.92 Å². The van der Waals surface area contributed by atoms with Gasteiger partial charge in [-0.2, -0.15) is 6.42 Å². The molecule has 0 unspecified atom stereocenters. The molecule has 1 radical (unpaired) electrons. The Morgan fingerprint density at radius 3 is 1.75 bits per heavy atom. The molecule has 1 heteroatoms. The van der Waals surface area contributed by atoms with Crippen molar-refractivity contribution < 1.29 is 32.7 Å². The minimum Gasteiger partial charge on any atom is -0.344 e. The van der Waals surface area contributed by atoms with Gasteiger partial charge >= 0.3 is 0 Å². The second kappa shape index (κ2) is 8.93. The Kier molecular flexibility index (Phi) is 19.9. The normalized spacial score (nSPS) is 4.50. The summed E-state index contributed by atoms with van der Waals surface area (Å²) in [6.07, 6.45) is 1.00. The summed E-state index contributed by atoms with van der Waals surface area (Å²) in [6, 6.07) is 0. The second-order valence-corrected chi connectivity index (χ2v) is 0.500. The molecule has 0 aromatic heterocycles. The van der Waals surface area contributed by atoms with Crippen molar-refractivity contribution in [1.29, 1.82) is 0 Å². The van der Waals surface area contributed by atoms with E-state index in [0.29, 0.717) is 0 Å². The zero-order valence-corrected chi connectivity index (χ0v) is 5.83. The van der Waals surface area contributed by atoms with E-state index in [0.717, 1.165) is 6.42 Å². The summed E-state index contributed by atoms with van der Waals surface area (Å²) in [5, 5.41) is 0. The van der Waals surface area contributed by atoms with Crippen LogP contribution in [0.3, 0.4) is 0 Å². The molecule has 0 nitrogen and oxygen atoms in total. The number of rotatable bonds is 0. The molecule has 0 saturated carbocycles. The third-order valence-electron chi connectivity index (χ3n) is 0. The summed E-state index contributed by atoms with van der Waals surface area (Å²) in [4.78, 5) is 0. The molecule has 0 heterocycles. The molecule has 23 valence electrons. The van der Waals surface area contributed by atoms with Gasteiger partial charge in [0.15, 0.2) is 0 Å². The van der Waals surface area contributed by atoms with Crippen LogP contribution in [0.25, 0.3) is 0 Å². The van der Waals surface area contributed by atoms with Crippen LogP contribution in [0, 0.1) is 6.92 Å². The average molecular weight is 132 g/mol. The molecular formula is C3H7Y-. The molecule has 0 N–H and O–H groups in total. The third kappa shape index (κ3) is 11.3. The van der Waals surface area contributed by atoms with Gasteiger partial charge in [-0.05, 0) is 0 Å². The summed E-state index contributed by atoms with van der Waals surface area (Å²) < 4.78 is 0. The van der Waals surface area contributed by atoms with E-state index in [-0.39, 0.29) is 32.7 Å². The predicted octanol–water partition coefficient (Wildman–Crippen LogP) is 1.23. The van der Waals surface area contributed by atoms with Gasteiger partial charge in [-0.25, -0.2) is 0 Å². The summed E-state index contributed by atoms with van der Waals surface area (Å²) in [5.74, 6) is 0. The van der Waals surface area contributed by atoms with Gasteiger partial charge in [0.25, 0.3) is 0 Å². The monoisotopic (exact) mass is 132 g/mol. The fourth-order valence-electron chi connectivity index (χ4n) is 0. The van der Waals surface area contributed by atoms with Crippen LogP contribution in [0.2, 0.25) is 0 Å². The Balaban J connectivity index is 0. The molecule has 0 saturated heterocycles. The van der Waals surface area contributed by atoms with Gasteiger partial charge in [-0.1, -0.05) is 6.92 Å². The first-order chi connectivity index (χ1) is 1.41. The van der Waals surface area contributed by atoms with E-state index >= 15 is 0 Å². The summed E-state index contributed by atoms with van der Waals surface area (Å²) in [6.45, 7) is 5.50. The van der Waals surface area contributed by atoms with Crippen molar-refractivity contribution in [2.75, 3.05) is 0 Å². The molecular weight excluding hydrogens is 125 g/mol. The smallest absolute Gasteiger partial charge is 0 e. The van der Waals surface area contributed by atoms with Crippen LogP contribution in [-0.4, -0.2) is 0 Å². The van der Waals surface area contributed by atoms with E-state index in [1.807, 2.05) is 6.92 Å². The van der Waals surface area contributed by atoms with E-state index in [1.54, 1.807) is 0 Å². The molecule has 0 aliphatic carbocycles. The molecule has 0 aromatic carbocycles. The minimum absolute atomic E-state index is 0. The van der Waals surface area contributed by atoms with Crippen molar-refractivity contribution in [3.8, 4) is 0 Å². The quantitative estimate of drug-likeness (QED) is 0.435. The third-order valence-corrected chi connectivity index (χ3v) is 0. The molecule has 0 spiro atoms. The average Bonchev–Trinajstić information content (AvgIpc) is 0.918. The topological polar surface area (TPSA) is 0 Å². The van der Waals surface area contributed by atoms with Crippen molar-refractivity contribution in [3.63, 3.8) is 0 Å². The Bertz CT molecular complexity index is 3.25. The van der Waals surface area contributed by atoms with Crippen molar-refractivity contribution in [2.45, 2.75) is 13.3 Å². The van der Waals surface area contributed by atoms with Crippen LogP contribution in [0.15, 0.2) is 0 Å². The predicted molar refractivity (Wildman–Crippen MR) is 15.6 cm³/mol. The van der Waals surface area contributed by atoms with Gasteiger partial charge in [-0.3, -0.25) is 0 Å². The van der Waals surface area contributed by atoms with Crippen LogP contribution in [0.4, 0.5) is 0 Å². The molecule has 0 aliphatic rings. The maximum Gasteiger partial charge on any atom is 0 e. The van der Waals surface area contributed by atoms with E-state index in [4.69, 9.17) is 0 Å². The van der Waals surface area contributed by atoms with Gasteiger partial charge in [0.2, 0.25) is 0 Å². The second-order valence-electron chi connectivity index (χ2n) is 0.500. The molecule has 0 aliphatic heterocycles. The van der Waals surface area contributed by atoms with Crippen molar-refractivity contribution in [1.82, 2.24) is 0 Å². The molecule has 0 aromatic rings. The first kappa shape index (κ1) is 8.92. The maximum atomic E-state index is 3.49. The molecule has 0 rings (SSSR count). The fourth-order valence-corrected chi connectivity index (χ4v) is 0. The molecule has 0 amide bonds. The van der Waals surface area contributed by atoms with Crippen molar-refractivity contribution >= 4 is 0 Å². The zero-order chi connectivity index (χ0) is 2.71. The molecule has 0 bridgehead atoms. The van der Waals surface area contributed by atoms with E-state index < -0.39 is 0 Å². The van der Waals surface area contributed by atoms with Crippen LogP contribution in [0.1, 0.15) is 13.3 Å². The molecule has 0 fully saturated rings. The minimum atomic E-state index is 0. The maximum absolute atomic E-state index is 3.49. The largest absolute Gasteiger partial charge is 0.344 e. The Morgan fingerprint density at radius 1 is 1.75 bits per heavy atom. The van der Waals surface area contributed by atoms with Crippen LogP contribution >= 0.6 is 0 Å². The standard InChI is InChI=1S/C3H7.Y/c1-3-2;/h1,3H2,2H3;/q-1;. The van der Waals surface area contributed by atoms with Gasteiger partial charge in [0.05, 0.1) is 0 Å². The Morgan fingerprint density at radius 2 is 1.75 bits per heavy atom. The summed E-state index contributed by atoms with van der Waals surface area (Å²) in [5.41, 5.74) is 0. The summed E-state index contributed by atoms with van der Waals surface area (Å²) in [7, 11) is 0. The van der Waals surface area contributed by atoms with Crippen molar-refractivity contribution in [3.05, 3.63) is 6.92 Å². The first-order valence-corrected chi connectivity index (χ1v) is 1.21. The van der Waals surface area contributed by atoms with E-state index in [1.165, 1.54) is 0 Å². The van der Waals surface area contributed by atoms with Gasteiger partial charge in [0.1, 0.15) is 0 Å². The van der Waals surface area contributed by atoms with Crippen molar-refractivity contribution in [2.24, 2.45) is 0 Å². The Labute approximate surface area is 52.9 Å². The molecule has 0 atom stereocenters. The Hall–Kier alpha value is 1.10.